The number of benzene rings is 1. The molecule has 0 saturated heterocycles. The van der Waals surface area contributed by atoms with Crippen molar-refractivity contribution in [2.24, 2.45) is 0 Å². The van der Waals surface area contributed by atoms with Crippen molar-refractivity contribution in [2.75, 3.05) is 7.11 Å². The number of aryl methyl sites for hydroxylation is 1. The Balaban J connectivity index is 2.26. The van der Waals surface area contributed by atoms with Crippen LogP contribution >= 0.6 is 22.6 Å². The minimum Gasteiger partial charge on any atom is -0.496 e. The van der Waals surface area contributed by atoms with E-state index in [1.54, 1.807) is 7.11 Å². The Morgan fingerprint density at radius 1 is 1.38 bits per heavy atom. The fourth-order valence-electron chi connectivity index (χ4n) is 1.59. The predicted octanol–water partition coefficient (Wildman–Crippen LogP) is 2.85. The number of halogens is 1. The summed E-state index contributed by atoms with van der Waals surface area (Å²) in [6.45, 7) is 2.81. The third-order valence-corrected chi connectivity index (χ3v) is 3.48. The maximum Gasteiger partial charge on any atom is 0.126 e. The van der Waals surface area contributed by atoms with Crippen molar-refractivity contribution in [1.29, 1.82) is 0 Å². The molecule has 2 rings (SSSR count). The van der Waals surface area contributed by atoms with Crippen LogP contribution in [0.1, 0.15) is 11.1 Å². The van der Waals surface area contributed by atoms with Gasteiger partial charge in [0.05, 0.1) is 13.7 Å². The largest absolute Gasteiger partial charge is 0.496 e. The van der Waals surface area contributed by atoms with Crippen LogP contribution in [0.5, 0.6) is 5.75 Å². The van der Waals surface area contributed by atoms with E-state index in [9.17, 15) is 0 Å². The lowest BCUT2D eigenvalue weighted by Crippen LogP contribution is -2.02. The lowest BCUT2D eigenvalue weighted by Gasteiger charge is -2.07. The number of methoxy groups -OCH3 is 1. The van der Waals surface area contributed by atoms with Crippen LogP contribution < -0.4 is 4.74 Å². The van der Waals surface area contributed by atoms with E-state index in [4.69, 9.17) is 4.74 Å². The van der Waals surface area contributed by atoms with E-state index >= 15 is 0 Å². The Labute approximate surface area is 109 Å². The molecule has 3 nitrogen and oxygen atoms in total. The highest BCUT2D eigenvalue weighted by Gasteiger charge is 2.05. The van der Waals surface area contributed by atoms with Crippen LogP contribution in [0.4, 0.5) is 0 Å². The number of rotatable bonds is 3. The predicted molar refractivity (Wildman–Crippen MR) is 71.8 cm³/mol. The maximum absolute atomic E-state index is 5.31. The van der Waals surface area contributed by atoms with E-state index in [-0.39, 0.29) is 0 Å². The van der Waals surface area contributed by atoms with Gasteiger partial charge < -0.3 is 4.74 Å². The molecule has 0 aliphatic heterocycles. The summed E-state index contributed by atoms with van der Waals surface area (Å²) in [6.07, 6.45) is 2.05. The second-order valence-electron chi connectivity index (χ2n) is 3.61. The smallest absolute Gasteiger partial charge is 0.126 e. The Kier molecular flexibility index (Phi) is 3.48. The Morgan fingerprint density at radius 2 is 2.12 bits per heavy atom. The molecular formula is C12H13IN2O. The van der Waals surface area contributed by atoms with Gasteiger partial charge in [0, 0.05) is 17.3 Å². The lowest BCUT2D eigenvalue weighted by molar-refractivity contribution is 0.407. The molecule has 2 aromatic rings. The standard InChI is InChI=1S/C12H13IN2O/c1-9-7-15(14-12(9)13)8-10-5-3-4-6-11(10)16-2/h3-7H,8H2,1-2H3. The Bertz CT molecular complexity index is 474. The Hall–Kier alpha value is -1.04. The first-order chi connectivity index (χ1) is 7.70. The number of aromatic nitrogens is 2. The first-order valence-electron chi connectivity index (χ1n) is 5.02. The second-order valence-corrected chi connectivity index (χ2v) is 4.63. The van der Waals surface area contributed by atoms with Crippen molar-refractivity contribution in [3.8, 4) is 5.75 Å². The number of ether oxygens (including phenoxy) is 1. The number of para-hydroxylation sites is 1. The molecule has 0 unspecified atom stereocenters. The van der Waals surface area contributed by atoms with Gasteiger partial charge in [-0.3, -0.25) is 4.68 Å². The van der Waals surface area contributed by atoms with Crippen molar-refractivity contribution in [2.45, 2.75) is 13.5 Å². The monoisotopic (exact) mass is 328 g/mol. The van der Waals surface area contributed by atoms with Gasteiger partial charge in [-0.2, -0.15) is 5.10 Å². The van der Waals surface area contributed by atoms with Crippen LogP contribution in [-0.4, -0.2) is 16.9 Å². The fourth-order valence-corrected chi connectivity index (χ4v) is 2.00. The third kappa shape index (κ3) is 2.37. The quantitative estimate of drug-likeness (QED) is 0.810. The molecule has 1 aromatic carbocycles. The molecule has 1 heterocycles. The van der Waals surface area contributed by atoms with E-state index in [0.717, 1.165) is 21.6 Å². The lowest BCUT2D eigenvalue weighted by atomic mass is 10.2. The normalized spacial score (nSPS) is 10.4. The molecule has 0 aliphatic carbocycles. The summed E-state index contributed by atoms with van der Waals surface area (Å²) in [4.78, 5) is 0. The van der Waals surface area contributed by atoms with Crippen LogP contribution in [0.25, 0.3) is 0 Å². The van der Waals surface area contributed by atoms with Gasteiger partial charge in [-0.1, -0.05) is 18.2 Å². The number of nitrogens with zero attached hydrogens (tertiary/aromatic N) is 2. The van der Waals surface area contributed by atoms with E-state index in [2.05, 4.69) is 40.7 Å². The zero-order chi connectivity index (χ0) is 11.5. The summed E-state index contributed by atoms with van der Waals surface area (Å²) < 4.78 is 8.30. The molecule has 0 atom stereocenters. The van der Waals surface area contributed by atoms with Crippen LogP contribution in [-0.2, 0) is 6.54 Å². The van der Waals surface area contributed by atoms with Gasteiger partial charge in [0.25, 0.3) is 0 Å². The van der Waals surface area contributed by atoms with Crippen LogP contribution in [0.2, 0.25) is 0 Å². The molecule has 16 heavy (non-hydrogen) atoms. The van der Waals surface area contributed by atoms with Gasteiger partial charge in [-0.05, 0) is 35.6 Å². The summed E-state index contributed by atoms with van der Waals surface area (Å²) in [5.74, 6) is 0.908. The molecule has 0 N–H and O–H groups in total. The van der Waals surface area contributed by atoms with Crippen LogP contribution in [0, 0.1) is 10.6 Å². The third-order valence-electron chi connectivity index (χ3n) is 2.41. The molecule has 0 aliphatic rings. The highest BCUT2D eigenvalue weighted by molar-refractivity contribution is 14.1. The minimum atomic E-state index is 0.744. The first-order valence-corrected chi connectivity index (χ1v) is 6.10. The van der Waals surface area contributed by atoms with E-state index in [0.29, 0.717) is 0 Å². The molecular weight excluding hydrogens is 315 g/mol. The highest BCUT2D eigenvalue weighted by atomic mass is 127. The van der Waals surface area contributed by atoms with Crippen molar-refractivity contribution >= 4 is 22.6 Å². The average Bonchev–Trinajstić information content (AvgIpc) is 2.59. The number of hydrogen-bond donors (Lipinski definition) is 0. The van der Waals surface area contributed by atoms with Gasteiger partial charge in [0.2, 0.25) is 0 Å². The van der Waals surface area contributed by atoms with Gasteiger partial charge >= 0.3 is 0 Å². The molecule has 0 bridgehead atoms. The van der Waals surface area contributed by atoms with Crippen LogP contribution in [0.3, 0.4) is 0 Å². The van der Waals surface area contributed by atoms with Crippen molar-refractivity contribution < 1.29 is 4.74 Å². The average molecular weight is 328 g/mol. The molecule has 4 heteroatoms. The zero-order valence-electron chi connectivity index (χ0n) is 9.27. The molecule has 0 amide bonds. The highest BCUT2D eigenvalue weighted by Crippen LogP contribution is 2.19. The molecule has 0 radical (unpaired) electrons. The summed E-state index contributed by atoms with van der Waals surface area (Å²) in [6, 6.07) is 8.01. The summed E-state index contributed by atoms with van der Waals surface area (Å²) in [7, 11) is 1.69. The maximum atomic E-state index is 5.31. The van der Waals surface area contributed by atoms with E-state index in [1.165, 1.54) is 5.56 Å². The van der Waals surface area contributed by atoms with E-state index in [1.807, 2.05) is 29.1 Å². The first kappa shape index (κ1) is 11.4. The van der Waals surface area contributed by atoms with Gasteiger partial charge in [0.1, 0.15) is 9.45 Å². The minimum absolute atomic E-state index is 0.744. The SMILES string of the molecule is COc1ccccc1Cn1cc(C)c(I)n1. The van der Waals surface area contributed by atoms with Crippen LogP contribution in [0.15, 0.2) is 30.5 Å². The van der Waals surface area contributed by atoms with Gasteiger partial charge in [-0.25, -0.2) is 0 Å². The zero-order valence-corrected chi connectivity index (χ0v) is 11.4. The van der Waals surface area contributed by atoms with Crippen molar-refractivity contribution in [3.05, 3.63) is 45.3 Å². The molecule has 0 fully saturated rings. The molecule has 0 saturated carbocycles. The summed E-state index contributed by atoms with van der Waals surface area (Å²) >= 11 is 2.24. The van der Waals surface area contributed by atoms with Gasteiger partial charge in [-0.15, -0.1) is 0 Å². The van der Waals surface area contributed by atoms with Crippen molar-refractivity contribution in [1.82, 2.24) is 9.78 Å². The summed E-state index contributed by atoms with van der Waals surface area (Å²) in [5.41, 5.74) is 2.35. The molecule has 1 aromatic heterocycles. The Morgan fingerprint density at radius 3 is 2.75 bits per heavy atom. The topological polar surface area (TPSA) is 27.1 Å². The summed E-state index contributed by atoms with van der Waals surface area (Å²) in [5, 5.41) is 4.43. The van der Waals surface area contributed by atoms with Crippen molar-refractivity contribution in [3.63, 3.8) is 0 Å². The fraction of sp³-hybridized carbons (Fsp3) is 0.250. The van der Waals surface area contributed by atoms with E-state index < -0.39 is 0 Å². The second kappa shape index (κ2) is 4.86. The molecule has 84 valence electrons. The van der Waals surface area contributed by atoms with Gasteiger partial charge in [0.15, 0.2) is 0 Å². The molecule has 0 spiro atoms. The number of hydrogen-bond acceptors (Lipinski definition) is 2.